The summed E-state index contributed by atoms with van der Waals surface area (Å²) in [6.45, 7) is 0. The van der Waals surface area contributed by atoms with Crippen LogP contribution in [0.3, 0.4) is 0 Å². The number of primary sulfonamides is 1. The lowest BCUT2D eigenvalue weighted by Crippen LogP contribution is -2.26. The second-order valence-corrected chi connectivity index (χ2v) is 8.58. The van der Waals surface area contributed by atoms with Crippen molar-refractivity contribution in [2.24, 2.45) is 5.14 Å². The molecule has 2 N–H and O–H groups in total. The molecule has 0 saturated carbocycles. The van der Waals surface area contributed by atoms with Crippen molar-refractivity contribution in [3.05, 3.63) is 102 Å². The largest absolute Gasteiger partial charge is 0.283 e. The van der Waals surface area contributed by atoms with Gasteiger partial charge < -0.3 is 0 Å². The molecule has 3 aromatic carbocycles. The van der Waals surface area contributed by atoms with Crippen molar-refractivity contribution in [3.63, 3.8) is 0 Å². The van der Waals surface area contributed by atoms with Gasteiger partial charge in [0.25, 0.3) is 5.91 Å². The molecule has 0 aliphatic rings. The Morgan fingerprint density at radius 1 is 0.903 bits per heavy atom. The first kappa shape index (κ1) is 20.8. The van der Waals surface area contributed by atoms with E-state index in [-0.39, 0.29) is 16.5 Å². The first-order valence-electron chi connectivity index (χ1n) is 9.17. The zero-order valence-corrected chi connectivity index (χ0v) is 17.7. The molecule has 156 valence electrons. The molecule has 0 fully saturated rings. The fourth-order valence-electron chi connectivity index (χ4n) is 3.06. The van der Waals surface area contributed by atoms with E-state index in [2.05, 4.69) is 5.10 Å². The van der Waals surface area contributed by atoms with Gasteiger partial charge >= 0.3 is 0 Å². The van der Waals surface area contributed by atoms with Crippen LogP contribution in [0.25, 0.3) is 5.69 Å². The molecule has 31 heavy (non-hydrogen) atoms. The maximum atomic E-state index is 13.4. The number of carbonyl (C=O) groups excluding carboxylic acids is 1. The number of sulfonamides is 1. The van der Waals surface area contributed by atoms with Crippen LogP contribution < -0.4 is 10.0 Å². The maximum Gasteiger partial charge on any atom is 0.283 e. The fraction of sp³-hybridized carbons (Fsp3) is 0. The minimum absolute atomic E-state index is 0.00585. The van der Waals surface area contributed by atoms with E-state index in [1.807, 2.05) is 30.3 Å². The Bertz CT molecular complexity index is 1340. The molecule has 9 heteroatoms. The van der Waals surface area contributed by atoms with E-state index in [9.17, 15) is 13.2 Å². The van der Waals surface area contributed by atoms with Gasteiger partial charge in [-0.3, -0.25) is 9.69 Å². The van der Waals surface area contributed by atoms with Gasteiger partial charge in [0.1, 0.15) is 0 Å². The van der Waals surface area contributed by atoms with Gasteiger partial charge in [0.05, 0.1) is 21.3 Å². The molecule has 7 nitrogen and oxygen atoms in total. The van der Waals surface area contributed by atoms with Crippen LogP contribution in [0.2, 0.25) is 5.02 Å². The van der Waals surface area contributed by atoms with Crippen LogP contribution in [-0.4, -0.2) is 24.1 Å². The standard InChI is InChI=1S/C22H17ClN4O3S/c23-19-8-4-5-9-21(19)27(17-6-2-1-3-7-17)22(28)20-14-15-26(25-20)16-10-12-18(13-11-16)31(24,29)30/h1-15H,(H2,24,29,30). The van der Waals surface area contributed by atoms with E-state index in [0.29, 0.717) is 22.1 Å². The summed E-state index contributed by atoms with van der Waals surface area (Å²) in [5.41, 5.74) is 1.95. The minimum Gasteiger partial charge on any atom is -0.274 e. The number of aromatic nitrogens is 2. The lowest BCUT2D eigenvalue weighted by atomic mass is 10.2. The Balaban J connectivity index is 1.71. The highest BCUT2D eigenvalue weighted by atomic mass is 35.5. The van der Waals surface area contributed by atoms with Crippen LogP contribution in [-0.2, 0) is 10.0 Å². The number of anilines is 2. The van der Waals surface area contributed by atoms with E-state index in [4.69, 9.17) is 16.7 Å². The molecule has 0 aliphatic carbocycles. The van der Waals surface area contributed by atoms with Gasteiger partial charge in [0.2, 0.25) is 10.0 Å². The molecule has 0 spiro atoms. The Morgan fingerprint density at radius 3 is 2.19 bits per heavy atom. The minimum atomic E-state index is -3.79. The number of para-hydroxylation sites is 2. The molecule has 0 atom stereocenters. The smallest absolute Gasteiger partial charge is 0.274 e. The molecule has 1 heterocycles. The second kappa shape index (κ2) is 8.35. The molecule has 4 rings (SSSR count). The molecule has 0 saturated heterocycles. The molecule has 0 bridgehead atoms. The van der Waals surface area contributed by atoms with Crippen LogP contribution >= 0.6 is 11.6 Å². The third-order valence-corrected chi connectivity index (χ3v) is 5.80. The Kier molecular flexibility index (Phi) is 5.60. The topological polar surface area (TPSA) is 98.3 Å². The van der Waals surface area contributed by atoms with Gasteiger partial charge in [-0.05, 0) is 54.6 Å². The number of amides is 1. The number of nitrogens with zero attached hydrogens (tertiary/aromatic N) is 3. The third-order valence-electron chi connectivity index (χ3n) is 4.55. The predicted molar refractivity (Wildman–Crippen MR) is 119 cm³/mol. The monoisotopic (exact) mass is 452 g/mol. The zero-order chi connectivity index (χ0) is 22.0. The van der Waals surface area contributed by atoms with Crippen molar-refractivity contribution in [1.29, 1.82) is 0 Å². The third kappa shape index (κ3) is 4.36. The van der Waals surface area contributed by atoms with Crippen molar-refractivity contribution < 1.29 is 13.2 Å². The van der Waals surface area contributed by atoms with Gasteiger partial charge in [0.15, 0.2) is 5.69 Å². The van der Waals surface area contributed by atoms with E-state index in [0.717, 1.165) is 0 Å². The van der Waals surface area contributed by atoms with Crippen LogP contribution in [0, 0.1) is 0 Å². The zero-order valence-electron chi connectivity index (χ0n) is 16.1. The van der Waals surface area contributed by atoms with E-state index in [1.54, 1.807) is 48.7 Å². The molecular weight excluding hydrogens is 436 g/mol. The van der Waals surface area contributed by atoms with Crippen molar-refractivity contribution in [1.82, 2.24) is 9.78 Å². The summed E-state index contributed by atoms with van der Waals surface area (Å²) in [4.78, 5) is 14.9. The van der Waals surface area contributed by atoms with Gasteiger partial charge in [-0.2, -0.15) is 5.10 Å². The van der Waals surface area contributed by atoms with Crippen LogP contribution in [0.4, 0.5) is 11.4 Å². The summed E-state index contributed by atoms with van der Waals surface area (Å²) in [7, 11) is -3.79. The SMILES string of the molecule is NS(=O)(=O)c1ccc(-n2ccc(C(=O)N(c3ccccc3)c3ccccc3Cl)n2)cc1. The first-order chi connectivity index (χ1) is 14.8. The molecule has 4 aromatic rings. The van der Waals surface area contributed by atoms with Gasteiger partial charge in [-0.25, -0.2) is 18.2 Å². The highest BCUT2D eigenvalue weighted by Gasteiger charge is 2.24. The van der Waals surface area contributed by atoms with Gasteiger partial charge in [-0.15, -0.1) is 0 Å². The van der Waals surface area contributed by atoms with Gasteiger partial charge in [-0.1, -0.05) is 41.9 Å². The number of carbonyl (C=O) groups is 1. The Morgan fingerprint density at radius 2 is 1.55 bits per heavy atom. The highest BCUT2D eigenvalue weighted by Crippen LogP contribution is 2.33. The number of hydrogen-bond donors (Lipinski definition) is 1. The van der Waals surface area contributed by atoms with Crippen molar-refractivity contribution >= 4 is 38.9 Å². The Hall–Kier alpha value is -3.46. The number of nitrogens with two attached hydrogens (primary N) is 1. The van der Waals surface area contributed by atoms with E-state index in [1.165, 1.54) is 21.7 Å². The maximum absolute atomic E-state index is 13.4. The van der Waals surface area contributed by atoms with Crippen LogP contribution in [0.1, 0.15) is 10.5 Å². The lowest BCUT2D eigenvalue weighted by Gasteiger charge is -2.23. The van der Waals surface area contributed by atoms with Gasteiger partial charge in [0, 0.05) is 11.9 Å². The summed E-state index contributed by atoms with van der Waals surface area (Å²) >= 11 is 6.37. The fourth-order valence-corrected chi connectivity index (χ4v) is 3.80. The predicted octanol–water partition coefficient (Wildman–Crippen LogP) is 4.15. The number of hydrogen-bond acceptors (Lipinski definition) is 4. The molecular formula is C22H17ClN4O3S. The molecule has 1 aromatic heterocycles. The van der Waals surface area contributed by atoms with E-state index < -0.39 is 10.0 Å². The summed E-state index contributed by atoms with van der Waals surface area (Å²) in [5.74, 6) is -0.362. The average molecular weight is 453 g/mol. The van der Waals surface area contributed by atoms with Crippen molar-refractivity contribution in [3.8, 4) is 5.69 Å². The normalized spacial score (nSPS) is 11.3. The highest BCUT2D eigenvalue weighted by molar-refractivity contribution is 7.89. The summed E-state index contributed by atoms with van der Waals surface area (Å²) in [6, 6.07) is 23.7. The second-order valence-electron chi connectivity index (χ2n) is 6.61. The van der Waals surface area contributed by atoms with E-state index >= 15 is 0 Å². The van der Waals surface area contributed by atoms with Crippen LogP contribution in [0.15, 0.2) is 96.0 Å². The molecule has 0 aliphatic heterocycles. The number of halogens is 1. The quantitative estimate of drug-likeness (QED) is 0.491. The van der Waals surface area contributed by atoms with Crippen molar-refractivity contribution in [2.45, 2.75) is 4.90 Å². The lowest BCUT2D eigenvalue weighted by molar-refractivity contribution is 0.0994. The average Bonchev–Trinajstić information content (AvgIpc) is 3.26. The summed E-state index contributed by atoms with van der Waals surface area (Å²) in [6.07, 6.45) is 1.62. The Labute approximate surface area is 184 Å². The molecule has 0 unspecified atom stereocenters. The summed E-state index contributed by atoms with van der Waals surface area (Å²) < 4.78 is 24.4. The van der Waals surface area contributed by atoms with Crippen LogP contribution in [0.5, 0.6) is 0 Å². The summed E-state index contributed by atoms with van der Waals surface area (Å²) in [5, 5.41) is 9.94. The first-order valence-corrected chi connectivity index (χ1v) is 11.1. The number of benzene rings is 3. The number of rotatable bonds is 5. The molecule has 1 amide bonds. The van der Waals surface area contributed by atoms with Crippen molar-refractivity contribution in [2.75, 3.05) is 4.90 Å². The molecule has 0 radical (unpaired) electrons.